The number of hydrogen-bond acceptors (Lipinski definition) is 4. The molecule has 0 fully saturated rings. The van der Waals surface area contributed by atoms with E-state index < -0.39 is 17.6 Å². The van der Waals surface area contributed by atoms with Crippen molar-refractivity contribution in [1.29, 1.82) is 0 Å². The number of alkyl halides is 3. The molecular formula is C19H15Cl2F3N4OS. The fourth-order valence-corrected chi connectivity index (χ4v) is 3.54. The summed E-state index contributed by atoms with van der Waals surface area (Å²) >= 11 is 12.9. The second-order valence-corrected chi connectivity index (χ2v) is 8.08. The fraction of sp³-hybridized carbons (Fsp3) is 0.211. The molecule has 3 rings (SSSR count). The van der Waals surface area contributed by atoms with Gasteiger partial charge in [0.15, 0.2) is 5.16 Å². The summed E-state index contributed by atoms with van der Waals surface area (Å²) in [5, 5.41) is 11.8. The lowest BCUT2D eigenvalue weighted by atomic mass is 10.1. The highest BCUT2D eigenvalue weighted by molar-refractivity contribution is 7.99. The smallest absolute Gasteiger partial charge is 0.324 e. The first-order valence-corrected chi connectivity index (χ1v) is 10.3. The van der Waals surface area contributed by atoms with Crippen molar-refractivity contribution in [3.05, 3.63) is 69.5 Å². The molecule has 0 bridgehead atoms. The fourth-order valence-electron chi connectivity index (χ4n) is 2.52. The predicted octanol–water partition coefficient (Wildman–Crippen LogP) is 5.46. The summed E-state index contributed by atoms with van der Waals surface area (Å²) in [6.45, 7) is 0. The third-order valence-corrected chi connectivity index (χ3v) is 5.70. The minimum Gasteiger partial charge on any atom is -0.324 e. The summed E-state index contributed by atoms with van der Waals surface area (Å²) < 4.78 is 40.3. The number of rotatable bonds is 6. The van der Waals surface area contributed by atoms with E-state index in [1.807, 2.05) is 12.1 Å². The van der Waals surface area contributed by atoms with Crippen LogP contribution in [0.15, 0.2) is 47.6 Å². The van der Waals surface area contributed by atoms with Crippen molar-refractivity contribution < 1.29 is 18.0 Å². The van der Waals surface area contributed by atoms with Crippen molar-refractivity contribution in [2.45, 2.75) is 17.8 Å². The molecule has 0 saturated carbocycles. The molecule has 0 saturated heterocycles. The molecule has 1 aromatic heterocycles. The number of carbonyl (C=O) groups is 1. The Morgan fingerprint density at radius 1 is 1.13 bits per heavy atom. The summed E-state index contributed by atoms with van der Waals surface area (Å²) in [6, 6.07) is 10.1. The number of nitrogens with zero attached hydrogens (tertiary/aromatic N) is 3. The van der Waals surface area contributed by atoms with Crippen molar-refractivity contribution in [2.24, 2.45) is 7.05 Å². The van der Waals surface area contributed by atoms with Gasteiger partial charge in [-0.15, -0.1) is 10.2 Å². The Kier molecular flexibility index (Phi) is 6.95. The van der Waals surface area contributed by atoms with Gasteiger partial charge in [-0.2, -0.15) is 13.2 Å². The maximum absolute atomic E-state index is 12.8. The van der Waals surface area contributed by atoms with Gasteiger partial charge < -0.3 is 9.88 Å². The Hall–Kier alpha value is -2.23. The molecule has 30 heavy (non-hydrogen) atoms. The van der Waals surface area contributed by atoms with Crippen LogP contribution in [0.1, 0.15) is 17.0 Å². The van der Waals surface area contributed by atoms with Crippen LogP contribution in [0.25, 0.3) is 0 Å². The number of amides is 1. The van der Waals surface area contributed by atoms with Gasteiger partial charge in [0.1, 0.15) is 5.82 Å². The first kappa shape index (κ1) is 22.5. The van der Waals surface area contributed by atoms with Gasteiger partial charge in [0.25, 0.3) is 0 Å². The van der Waals surface area contributed by atoms with Gasteiger partial charge in [0, 0.05) is 18.5 Å². The van der Waals surface area contributed by atoms with Crippen LogP contribution >= 0.6 is 35.0 Å². The van der Waals surface area contributed by atoms with Gasteiger partial charge >= 0.3 is 6.18 Å². The minimum atomic E-state index is -4.53. The molecule has 0 unspecified atom stereocenters. The summed E-state index contributed by atoms with van der Waals surface area (Å²) in [6.07, 6.45) is -3.99. The number of hydrogen-bond donors (Lipinski definition) is 1. The first-order chi connectivity index (χ1) is 14.1. The van der Waals surface area contributed by atoms with Crippen molar-refractivity contribution in [2.75, 3.05) is 11.1 Å². The molecule has 0 aliphatic rings. The molecule has 0 radical (unpaired) electrons. The van der Waals surface area contributed by atoms with Crippen LogP contribution in [0, 0.1) is 0 Å². The van der Waals surface area contributed by atoms with Crippen molar-refractivity contribution >= 4 is 46.6 Å². The Morgan fingerprint density at radius 3 is 2.50 bits per heavy atom. The molecule has 1 heterocycles. The number of aromatic nitrogens is 3. The Bertz CT molecular complexity index is 1050. The van der Waals surface area contributed by atoms with E-state index in [-0.39, 0.29) is 16.5 Å². The van der Waals surface area contributed by atoms with Crippen LogP contribution < -0.4 is 5.32 Å². The largest absolute Gasteiger partial charge is 0.416 e. The van der Waals surface area contributed by atoms with E-state index in [1.165, 1.54) is 0 Å². The predicted molar refractivity (Wildman–Crippen MR) is 111 cm³/mol. The number of nitrogens with one attached hydrogen (secondary N) is 1. The van der Waals surface area contributed by atoms with Gasteiger partial charge in [-0.05, 0) is 35.9 Å². The Morgan fingerprint density at radius 2 is 1.83 bits per heavy atom. The monoisotopic (exact) mass is 474 g/mol. The van der Waals surface area contributed by atoms with Crippen molar-refractivity contribution in [3.8, 4) is 0 Å². The van der Waals surface area contributed by atoms with Crippen LogP contribution in [-0.2, 0) is 24.4 Å². The number of benzene rings is 2. The number of anilines is 1. The van der Waals surface area contributed by atoms with Crippen LogP contribution in [0.4, 0.5) is 18.9 Å². The Labute approximate surface area is 184 Å². The van der Waals surface area contributed by atoms with E-state index in [0.29, 0.717) is 22.4 Å². The SMILES string of the molecule is Cn1c(Cc2ccc(Cl)cc2)nnc1SCC(=O)Nc1cc(C(F)(F)F)ccc1Cl. The molecule has 0 atom stereocenters. The highest BCUT2D eigenvalue weighted by Gasteiger charge is 2.31. The number of halogens is 5. The third-order valence-electron chi connectivity index (χ3n) is 4.10. The zero-order valence-corrected chi connectivity index (χ0v) is 17.8. The lowest BCUT2D eigenvalue weighted by molar-refractivity contribution is -0.137. The second kappa shape index (κ2) is 9.28. The topological polar surface area (TPSA) is 59.8 Å². The summed E-state index contributed by atoms with van der Waals surface area (Å²) in [5.74, 6) is 0.115. The van der Waals surface area contributed by atoms with E-state index in [1.54, 1.807) is 23.7 Å². The van der Waals surface area contributed by atoms with Gasteiger partial charge in [-0.3, -0.25) is 4.79 Å². The third kappa shape index (κ3) is 5.68. The molecule has 158 valence electrons. The molecule has 3 aromatic rings. The molecule has 5 nitrogen and oxygen atoms in total. The van der Waals surface area contributed by atoms with Crippen molar-refractivity contribution in [3.63, 3.8) is 0 Å². The first-order valence-electron chi connectivity index (χ1n) is 8.55. The molecule has 1 amide bonds. The average molecular weight is 475 g/mol. The molecule has 2 aromatic carbocycles. The second-order valence-electron chi connectivity index (χ2n) is 6.29. The van der Waals surface area contributed by atoms with Crippen LogP contribution in [0.3, 0.4) is 0 Å². The average Bonchev–Trinajstić information content (AvgIpc) is 3.02. The molecule has 0 aliphatic heterocycles. The summed E-state index contributed by atoms with van der Waals surface area (Å²) in [7, 11) is 1.77. The van der Waals surface area contributed by atoms with E-state index >= 15 is 0 Å². The zero-order valence-electron chi connectivity index (χ0n) is 15.5. The van der Waals surface area contributed by atoms with E-state index in [9.17, 15) is 18.0 Å². The lowest BCUT2D eigenvalue weighted by Crippen LogP contribution is -2.16. The summed E-state index contributed by atoms with van der Waals surface area (Å²) in [4.78, 5) is 12.2. The maximum Gasteiger partial charge on any atom is 0.416 e. The van der Waals surface area contributed by atoms with E-state index in [4.69, 9.17) is 23.2 Å². The number of thioether (sulfide) groups is 1. The minimum absolute atomic E-state index is 0.0188. The highest BCUT2D eigenvalue weighted by Crippen LogP contribution is 2.34. The molecule has 0 spiro atoms. The highest BCUT2D eigenvalue weighted by atomic mass is 35.5. The van der Waals surface area contributed by atoms with Crippen LogP contribution in [0.2, 0.25) is 10.0 Å². The van der Waals surface area contributed by atoms with Gasteiger partial charge in [0.2, 0.25) is 5.91 Å². The van der Waals surface area contributed by atoms with Gasteiger partial charge in [0.05, 0.1) is 22.0 Å². The molecule has 0 aliphatic carbocycles. The van der Waals surface area contributed by atoms with E-state index in [2.05, 4.69) is 15.5 Å². The lowest BCUT2D eigenvalue weighted by Gasteiger charge is -2.11. The van der Waals surface area contributed by atoms with Gasteiger partial charge in [-0.1, -0.05) is 47.1 Å². The zero-order chi connectivity index (χ0) is 21.9. The molecule has 1 N–H and O–H groups in total. The van der Waals surface area contributed by atoms with E-state index in [0.717, 1.165) is 35.5 Å². The normalized spacial score (nSPS) is 11.5. The van der Waals surface area contributed by atoms with Crippen molar-refractivity contribution in [1.82, 2.24) is 14.8 Å². The van der Waals surface area contributed by atoms with Crippen LogP contribution in [-0.4, -0.2) is 26.4 Å². The van der Waals surface area contributed by atoms with Crippen LogP contribution in [0.5, 0.6) is 0 Å². The van der Waals surface area contributed by atoms with Gasteiger partial charge in [-0.25, -0.2) is 0 Å². The Balaban J connectivity index is 1.62. The molecular weight excluding hydrogens is 460 g/mol. The standard InChI is InChI=1S/C19H15Cl2F3N4OS/c1-28-16(8-11-2-5-13(20)6-3-11)26-27-18(28)30-10-17(29)25-15-9-12(19(22,23)24)4-7-14(15)21/h2-7,9H,8,10H2,1H3,(H,25,29). The maximum atomic E-state index is 12.8. The molecule has 11 heteroatoms. The summed E-state index contributed by atoms with van der Waals surface area (Å²) in [5.41, 5.74) is 0.0110. The quantitative estimate of drug-likeness (QED) is 0.481. The number of carbonyl (C=O) groups excluding carboxylic acids is 1.